The molecule has 0 saturated heterocycles. The predicted octanol–water partition coefficient (Wildman–Crippen LogP) is 5.98. The lowest BCUT2D eigenvalue weighted by atomic mass is 9.95. The fourth-order valence-corrected chi connectivity index (χ4v) is 3.75. The molecular weight excluding hydrogens is 424 g/mol. The van der Waals surface area contributed by atoms with Gasteiger partial charge in [-0.1, -0.05) is 35.9 Å². The summed E-state index contributed by atoms with van der Waals surface area (Å²) in [6, 6.07) is 23.8. The van der Waals surface area contributed by atoms with Gasteiger partial charge in [-0.3, -0.25) is 9.78 Å². The molecule has 4 aromatic rings. The summed E-state index contributed by atoms with van der Waals surface area (Å²) in [6.07, 6.45) is 1.78. The number of rotatable bonds is 7. The molecule has 34 heavy (non-hydrogen) atoms. The number of nitrogens with zero attached hydrogens (tertiary/aromatic N) is 1. The molecule has 0 unspecified atom stereocenters. The van der Waals surface area contributed by atoms with Crippen LogP contribution < -0.4 is 14.8 Å². The number of pyridine rings is 1. The minimum Gasteiger partial charge on any atom is -0.497 e. The topological polar surface area (TPSA) is 60.5 Å². The normalized spacial score (nSPS) is 10.6. The smallest absolute Gasteiger partial charge is 0.251 e. The molecule has 0 spiro atoms. The van der Waals surface area contributed by atoms with Crippen LogP contribution in [0, 0.1) is 13.8 Å². The molecule has 1 N–H and O–H groups in total. The number of hydrogen-bond acceptors (Lipinski definition) is 4. The first-order chi connectivity index (χ1) is 16.5. The van der Waals surface area contributed by atoms with Gasteiger partial charge in [0.25, 0.3) is 5.91 Å². The Morgan fingerprint density at radius 3 is 2.26 bits per heavy atom. The average molecular weight is 453 g/mol. The van der Waals surface area contributed by atoms with E-state index in [0.29, 0.717) is 23.6 Å². The van der Waals surface area contributed by atoms with Crippen LogP contribution in [0.4, 0.5) is 0 Å². The molecule has 0 bridgehead atoms. The van der Waals surface area contributed by atoms with Gasteiger partial charge in [-0.25, -0.2) is 0 Å². The molecule has 172 valence electrons. The van der Waals surface area contributed by atoms with E-state index in [-0.39, 0.29) is 5.91 Å². The molecule has 0 atom stereocenters. The third kappa shape index (κ3) is 5.26. The van der Waals surface area contributed by atoms with Crippen LogP contribution in [0.1, 0.15) is 27.2 Å². The van der Waals surface area contributed by atoms with Gasteiger partial charge in [0.15, 0.2) is 0 Å². The molecule has 3 aromatic carbocycles. The standard InChI is InChI=1S/C29H28N2O3/c1-19-5-9-22(10-6-19)23-13-24(27-12-11-26(33-3)16-28(27)34-4)15-25(14-23)29(32)31-18-21-8-7-20(2)30-17-21/h5-17H,18H2,1-4H3,(H,31,32). The first kappa shape index (κ1) is 23.1. The lowest BCUT2D eigenvalue weighted by Gasteiger charge is -2.14. The van der Waals surface area contributed by atoms with Crippen LogP contribution >= 0.6 is 0 Å². The summed E-state index contributed by atoms with van der Waals surface area (Å²) < 4.78 is 11.0. The van der Waals surface area contributed by atoms with E-state index in [2.05, 4.69) is 47.6 Å². The number of carbonyl (C=O) groups is 1. The Morgan fingerprint density at radius 2 is 1.59 bits per heavy atom. The van der Waals surface area contributed by atoms with E-state index in [1.165, 1.54) is 5.56 Å². The number of methoxy groups -OCH3 is 2. The first-order valence-corrected chi connectivity index (χ1v) is 11.1. The Balaban J connectivity index is 1.73. The zero-order valence-corrected chi connectivity index (χ0v) is 19.9. The van der Waals surface area contributed by atoms with Gasteiger partial charge in [0.05, 0.1) is 14.2 Å². The van der Waals surface area contributed by atoms with Gasteiger partial charge in [-0.15, -0.1) is 0 Å². The van der Waals surface area contributed by atoms with Crippen LogP contribution in [-0.2, 0) is 6.54 Å². The maximum atomic E-state index is 13.2. The van der Waals surface area contributed by atoms with Crippen LogP contribution in [0.3, 0.4) is 0 Å². The van der Waals surface area contributed by atoms with E-state index in [9.17, 15) is 4.79 Å². The van der Waals surface area contributed by atoms with Gasteiger partial charge in [0.2, 0.25) is 0 Å². The Hall–Kier alpha value is -4.12. The molecule has 5 nitrogen and oxygen atoms in total. The highest BCUT2D eigenvalue weighted by atomic mass is 16.5. The number of aryl methyl sites for hydroxylation is 2. The van der Waals surface area contributed by atoms with Gasteiger partial charge in [-0.05, 0) is 72.5 Å². The Labute approximate surface area is 200 Å². The first-order valence-electron chi connectivity index (χ1n) is 11.1. The number of ether oxygens (including phenoxy) is 2. The van der Waals surface area contributed by atoms with Crippen molar-refractivity contribution in [3.05, 3.63) is 101 Å². The molecule has 0 saturated carbocycles. The molecule has 1 amide bonds. The van der Waals surface area contributed by atoms with Crippen LogP contribution in [0.25, 0.3) is 22.3 Å². The highest BCUT2D eigenvalue weighted by Crippen LogP contribution is 2.36. The zero-order valence-electron chi connectivity index (χ0n) is 19.9. The zero-order chi connectivity index (χ0) is 24.1. The summed E-state index contributed by atoms with van der Waals surface area (Å²) in [5.74, 6) is 1.24. The summed E-state index contributed by atoms with van der Waals surface area (Å²) in [5, 5.41) is 3.02. The van der Waals surface area contributed by atoms with Crippen molar-refractivity contribution in [1.29, 1.82) is 0 Å². The Bertz CT molecular complexity index is 1300. The molecule has 0 fully saturated rings. The van der Waals surface area contributed by atoms with Crippen molar-refractivity contribution in [3.63, 3.8) is 0 Å². The molecule has 4 rings (SSSR count). The van der Waals surface area contributed by atoms with Gasteiger partial charge < -0.3 is 14.8 Å². The average Bonchev–Trinajstić information content (AvgIpc) is 2.87. The number of amides is 1. The monoisotopic (exact) mass is 452 g/mol. The highest BCUT2D eigenvalue weighted by Gasteiger charge is 2.14. The summed E-state index contributed by atoms with van der Waals surface area (Å²) in [7, 11) is 3.25. The van der Waals surface area contributed by atoms with Crippen molar-refractivity contribution in [2.45, 2.75) is 20.4 Å². The summed E-state index contributed by atoms with van der Waals surface area (Å²) >= 11 is 0. The minimum absolute atomic E-state index is 0.150. The van der Waals surface area contributed by atoms with Gasteiger partial charge in [-0.2, -0.15) is 0 Å². The highest BCUT2D eigenvalue weighted by molar-refractivity contribution is 5.97. The molecule has 0 aliphatic rings. The van der Waals surface area contributed by atoms with Crippen LogP contribution in [0.5, 0.6) is 11.5 Å². The summed E-state index contributed by atoms with van der Waals surface area (Å²) in [4.78, 5) is 17.5. The van der Waals surface area contributed by atoms with Crippen molar-refractivity contribution in [2.24, 2.45) is 0 Å². The van der Waals surface area contributed by atoms with E-state index in [1.54, 1.807) is 20.4 Å². The van der Waals surface area contributed by atoms with E-state index in [1.807, 2.05) is 49.4 Å². The van der Waals surface area contributed by atoms with Gasteiger partial charge in [0, 0.05) is 35.6 Å². The molecule has 0 aliphatic heterocycles. The number of nitrogens with one attached hydrogen (secondary N) is 1. The maximum absolute atomic E-state index is 13.2. The Kier molecular flexibility index (Phi) is 6.93. The fourth-order valence-electron chi connectivity index (χ4n) is 3.75. The van der Waals surface area contributed by atoms with E-state index in [4.69, 9.17) is 9.47 Å². The van der Waals surface area contributed by atoms with Crippen molar-refractivity contribution < 1.29 is 14.3 Å². The maximum Gasteiger partial charge on any atom is 0.251 e. The summed E-state index contributed by atoms with van der Waals surface area (Å²) in [5.41, 5.74) is 7.42. The third-order valence-electron chi connectivity index (χ3n) is 5.73. The Morgan fingerprint density at radius 1 is 0.824 bits per heavy atom. The van der Waals surface area contributed by atoms with Gasteiger partial charge in [0.1, 0.15) is 11.5 Å². The van der Waals surface area contributed by atoms with Crippen molar-refractivity contribution in [2.75, 3.05) is 14.2 Å². The van der Waals surface area contributed by atoms with Crippen molar-refractivity contribution in [1.82, 2.24) is 10.3 Å². The molecule has 1 aromatic heterocycles. The summed E-state index contributed by atoms with van der Waals surface area (Å²) in [6.45, 7) is 4.40. The van der Waals surface area contributed by atoms with E-state index < -0.39 is 0 Å². The lowest BCUT2D eigenvalue weighted by molar-refractivity contribution is 0.0951. The van der Waals surface area contributed by atoms with Crippen LogP contribution in [0.2, 0.25) is 0 Å². The van der Waals surface area contributed by atoms with Crippen molar-refractivity contribution >= 4 is 5.91 Å². The molecular formula is C29H28N2O3. The molecule has 0 aliphatic carbocycles. The van der Waals surface area contributed by atoms with E-state index >= 15 is 0 Å². The number of benzene rings is 3. The number of hydrogen-bond donors (Lipinski definition) is 1. The second kappa shape index (κ2) is 10.2. The predicted molar refractivity (Wildman–Crippen MR) is 135 cm³/mol. The molecule has 5 heteroatoms. The number of aromatic nitrogens is 1. The minimum atomic E-state index is -0.150. The van der Waals surface area contributed by atoms with E-state index in [0.717, 1.165) is 33.5 Å². The second-order valence-corrected chi connectivity index (χ2v) is 8.22. The van der Waals surface area contributed by atoms with Crippen molar-refractivity contribution in [3.8, 4) is 33.8 Å². The molecule has 0 radical (unpaired) electrons. The quantitative estimate of drug-likeness (QED) is 0.375. The molecule has 1 heterocycles. The van der Waals surface area contributed by atoms with Crippen LogP contribution in [0.15, 0.2) is 79.0 Å². The third-order valence-corrected chi connectivity index (χ3v) is 5.73. The SMILES string of the molecule is COc1ccc(-c2cc(C(=O)NCc3ccc(C)nc3)cc(-c3ccc(C)cc3)c2)c(OC)c1. The van der Waals surface area contributed by atoms with Gasteiger partial charge >= 0.3 is 0 Å². The largest absolute Gasteiger partial charge is 0.497 e. The lowest BCUT2D eigenvalue weighted by Crippen LogP contribution is -2.23. The number of carbonyl (C=O) groups excluding carboxylic acids is 1. The fraction of sp³-hybridized carbons (Fsp3) is 0.172. The van der Waals surface area contributed by atoms with Crippen LogP contribution in [-0.4, -0.2) is 25.1 Å². The second-order valence-electron chi connectivity index (χ2n) is 8.22.